The molecule has 9 heteroatoms. The van der Waals surface area contributed by atoms with E-state index in [4.69, 9.17) is 16.3 Å². The zero-order valence-corrected chi connectivity index (χ0v) is 20.0. The second-order valence-corrected chi connectivity index (χ2v) is 8.42. The van der Waals surface area contributed by atoms with E-state index in [-0.39, 0.29) is 11.7 Å². The van der Waals surface area contributed by atoms with Crippen molar-refractivity contribution < 1.29 is 9.53 Å². The summed E-state index contributed by atoms with van der Waals surface area (Å²) in [5, 5.41) is 14.0. The first kappa shape index (κ1) is 23.5. The van der Waals surface area contributed by atoms with Gasteiger partial charge < -0.3 is 4.74 Å². The molecule has 1 N–H and O–H groups in total. The lowest BCUT2D eigenvalue weighted by molar-refractivity contribution is -0.118. The average molecular weight is 492 g/mol. The molecule has 0 atom stereocenters. The average Bonchev–Trinajstić information content (AvgIpc) is 3.29. The van der Waals surface area contributed by atoms with Gasteiger partial charge in [-0.1, -0.05) is 53.7 Å². The van der Waals surface area contributed by atoms with Crippen molar-refractivity contribution in [2.75, 3.05) is 12.4 Å². The molecular weight excluding hydrogens is 470 g/mol. The minimum Gasteiger partial charge on any atom is -0.493 e. The van der Waals surface area contributed by atoms with E-state index in [9.17, 15) is 4.79 Å². The second kappa shape index (κ2) is 11.5. The van der Waals surface area contributed by atoms with E-state index in [0.717, 1.165) is 16.8 Å². The maximum absolute atomic E-state index is 12.4. The SMILES string of the molecule is CCOc1ccccc1C=NNC(=O)CSc1nnc(-c2ccc(Cl)cc2)n1-c1ccccc1. The zero-order chi connectivity index (χ0) is 23.8. The summed E-state index contributed by atoms with van der Waals surface area (Å²) >= 11 is 7.32. The van der Waals surface area contributed by atoms with Crippen molar-refractivity contribution in [1.82, 2.24) is 20.2 Å². The number of benzene rings is 3. The molecule has 0 saturated carbocycles. The molecule has 4 aromatic rings. The molecule has 1 heterocycles. The van der Waals surface area contributed by atoms with Crippen molar-refractivity contribution in [2.24, 2.45) is 5.10 Å². The van der Waals surface area contributed by atoms with Crippen LogP contribution in [-0.2, 0) is 4.79 Å². The Kier molecular flexibility index (Phi) is 7.95. The minimum atomic E-state index is -0.259. The van der Waals surface area contributed by atoms with Crippen LogP contribution >= 0.6 is 23.4 Å². The predicted molar refractivity (Wildman–Crippen MR) is 136 cm³/mol. The third-order valence-corrected chi connectivity index (χ3v) is 5.88. The number of thioether (sulfide) groups is 1. The number of hydrogen-bond acceptors (Lipinski definition) is 6. The molecule has 0 bridgehead atoms. The summed E-state index contributed by atoms with van der Waals surface area (Å²) in [6.45, 7) is 2.47. The lowest BCUT2D eigenvalue weighted by Gasteiger charge is -2.10. The predicted octanol–water partition coefficient (Wildman–Crippen LogP) is 5.23. The first-order valence-electron chi connectivity index (χ1n) is 10.6. The molecule has 0 radical (unpaired) electrons. The normalized spacial score (nSPS) is 11.0. The van der Waals surface area contributed by atoms with Crippen molar-refractivity contribution in [1.29, 1.82) is 0 Å². The minimum absolute atomic E-state index is 0.121. The van der Waals surface area contributed by atoms with Gasteiger partial charge in [0.15, 0.2) is 11.0 Å². The highest BCUT2D eigenvalue weighted by atomic mass is 35.5. The molecule has 0 unspecified atom stereocenters. The van der Waals surface area contributed by atoms with Gasteiger partial charge in [-0.05, 0) is 55.5 Å². The summed E-state index contributed by atoms with van der Waals surface area (Å²) in [6.07, 6.45) is 1.57. The fourth-order valence-electron chi connectivity index (χ4n) is 3.17. The number of carbonyl (C=O) groups is 1. The van der Waals surface area contributed by atoms with Gasteiger partial charge in [-0.25, -0.2) is 5.43 Å². The molecule has 0 fully saturated rings. The highest BCUT2D eigenvalue weighted by Crippen LogP contribution is 2.28. The van der Waals surface area contributed by atoms with Gasteiger partial charge in [-0.2, -0.15) is 5.10 Å². The van der Waals surface area contributed by atoms with Crippen molar-refractivity contribution in [3.05, 3.63) is 89.4 Å². The number of hydrogen-bond donors (Lipinski definition) is 1. The molecule has 0 saturated heterocycles. The maximum Gasteiger partial charge on any atom is 0.250 e. The van der Waals surface area contributed by atoms with Crippen LogP contribution in [0.3, 0.4) is 0 Å². The van der Waals surface area contributed by atoms with Crippen LogP contribution in [0, 0.1) is 0 Å². The van der Waals surface area contributed by atoms with Gasteiger partial charge in [0.25, 0.3) is 5.91 Å². The monoisotopic (exact) mass is 491 g/mol. The number of rotatable bonds is 9. The van der Waals surface area contributed by atoms with Crippen LogP contribution in [0.1, 0.15) is 12.5 Å². The molecular formula is C25H22ClN5O2S. The Morgan fingerprint density at radius 2 is 1.79 bits per heavy atom. The van der Waals surface area contributed by atoms with Gasteiger partial charge in [0, 0.05) is 21.8 Å². The number of para-hydroxylation sites is 2. The fourth-order valence-corrected chi connectivity index (χ4v) is 4.04. The van der Waals surface area contributed by atoms with E-state index in [1.165, 1.54) is 11.8 Å². The number of nitrogens with zero attached hydrogens (tertiary/aromatic N) is 4. The van der Waals surface area contributed by atoms with Crippen LogP contribution in [0.15, 0.2) is 89.1 Å². The van der Waals surface area contributed by atoms with E-state index in [1.54, 1.807) is 6.21 Å². The van der Waals surface area contributed by atoms with Crippen LogP contribution in [0.4, 0.5) is 0 Å². The quantitative estimate of drug-likeness (QED) is 0.197. The first-order chi connectivity index (χ1) is 16.7. The first-order valence-corrected chi connectivity index (χ1v) is 12.0. The van der Waals surface area contributed by atoms with Gasteiger partial charge in [0.2, 0.25) is 0 Å². The standard InChI is InChI=1S/C25H22ClN5O2S/c1-2-33-22-11-7-6-8-19(22)16-27-28-23(32)17-34-25-30-29-24(18-12-14-20(26)15-13-18)31(25)21-9-4-3-5-10-21/h3-16H,2,17H2,1H3,(H,28,32). The molecule has 1 amide bonds. The number of carbonyl (C=O) groups excluding carboxylic acids is 1. The molecule has 172 valence electrons. The van der Waals surface area contributed by atoms with Crippen LogP contribution in [0.25, 0.3) is 17.1 Å². The zero-order valence-electron chi connectivity index (χ0n) is 18.4. The Bertz CT molecular complexity index is 1280. The van der Waals surface area contributed by atoms with Crippen LogP contribution in [0.2, 0.25) is 5.02 Å². The van der Waals surface area contributed by atoms with Gasteiger partial charge in [0.1, 0.15) is 5.75 Å². The summed E-state index contributed by atoms with van der Waals surface area (Å²) in [4.78, 5) is 12.4. The second-order valence-electron chi connectivity index (χ2n) is 7.04. The highest BCUT2D eigenvalue weighted by molar-refractivity contribution is 7.99. The maximum atomic E-state index is 12.4. The van der Waals surface area contributed by atoms with E-state index in [0.29, 0.717) is 28.4 Å². The molecule has 0 spiro atoms. The Balaban J connectivity index is 1.48. The van der Waals surface area contributed by atoms with Crippen LogP contribution < -0.4 is 10.2 Å². The molecule has 4 rings (SSSR count). The van der Waals surface area contributed by atoms with Crippen molar-refractivity contribution in [2.45, 2.75) is 12.1 Å². The summed E-state index contributed by atoms with van der Waals surface area (Å²) in [5.41, 5.74) is 5.11. The van der Waals surface area contributed by atoms with E-state index in [1.807, 2.05) is 90.4 Å². The van der Waals surface area contributed by atoms with Gasteiger partial charge in [0.05, 0.1) is 18.6 Å². The lowest BCUT2D eigenvalue weighted by Crippen LogP contribution is -2.20. The van der Waals surface area contributed by atoms with Crippen molar-refractivity contribution >= 4 is 35.5 Å². The highest BCUT2D eigenvalue weighted by Gasteiger charge is 2.17. The number of amides is 1. The lowest BCUT2D eigenvalue weighted by atomic mass is 10.2. The van der Waals surface area contributed by atoms with Crippen molar-refractivity contribution in [3.8, 4) is 22.8 Å². The summed E-state index contributed by atoms with van der Waals surface area (Å²) in [6, 6.07) is 24.7. The van der Waals surface area contributed by atoms with Crippen molar-refractivity contribution in [3.63, 3.8) is 0 Å². The molecule has 0 aliphatic carbocycles. The third kappa shape index (κ3) is 5.84. The third-order valence-electron chi connectivity index (χ3n) is 4.69. The molecule has 0 aliphatic rings. The van der Waals surface area contributed by atoms with E-state index in [2.05, 4.69) is 20.7 Å². The van der Waals surface area contributed by atoms with E-state index >= 15 is 0 Å². The Morgan fingerprint density at radius 3 is 2.56 bits per heavy atom. The van der Waals surface area contributed by atoms with Crippen LogP contribution in [0.5, 0.6) is 5.75 Å². The number of halogens is 1. The number of hydrazone groups is 1. The Hall–Kier alpha value is -3.62. The molecule has 7 nitrogen and oxygen atoms in total. The summed E-state index contributed by atoms with van der Waals surface area (Å²) in [7, 11) is 0. The van der Waals surface area contributed by atoms with Gasteiger partial charge in [-0.15, -0.1) is 10.2 Å². The Morgan fingerprint density at radius 1 is 1.06 bits per heavy atom. The van der Waals surface area contributed by atoms with Crippen LogP contribution in [-0.4, -0.2) is 39.2 Å². The molecule has 3 aromatic carbocycles. The molecule has 1 aromatic heterocycles. The number of ether oxygens (including phenoxy) is 1. The molecule has 34 heavy (non-hydrogen) atoms. The van der Waals surface area contributed by atoms with Gasteiger partial charge in [-0.3, -0.25) is 9.36 Å². The van der Waals surface area contributed by atoms with E-state index < -0.39 is 0 Å². The summed E-state index contributed by atoms with van der Waals surface area (Å²) < 4.78 is 7.49. The molecule has 0 aliphatic heterocycles. The van der Waals surface area contributed by atoms with Gasteiger partial charge >= 0.3 is 0 Å². The number of aromatic nitrogens is 3. The fraction of sp³-hybridized carbons (Fsp3) is 0.120. The summed E-state index contributed by atoms with van der Waals surface area (Å²) in [5.74, 6) is 1.24. The topological polar surface area (TPSA) is 81.4 Å². The Labute approximate surface area is 206 Å². The smallest absolute Gasteiger partial charge is 0.250 e. The number of nitrogens with one attached hydrogen (secondary N) is 1. The largest absolute Gasteiger partial charge is 0.493 e.